The van der Waals surface area contributed by atoms with Crippen molar-refractivity contribution in [2.45, 2.75) is 13.8 Å². The van der Waals surface area contributed by atoms with Gasteiger partial charge in [0.25, 0.3) is 6.26 Å². The van der Waals surface area contributed by atoms with Gasteiger partial charge in [0.2, 0.25) is 0 Å². The lowest BCUT2D eigenvalue weighted by Crippen LogP contribution is -2.02. The van der Waals surface area contributed by atoms with E-state index in [1.807, 2.05) is 18.2 Å². The molecule has 1 atom stereocenters. The first-order valence-electron chi connectivity index (χ1n) is 4.36. The fourth-order valence-corrected chi connectivity index (χ4v) is 1.18. The topological polar surface area (TPSA) is 33.0 Å². The summed E-state index contributed by atoms with van der Waals surface area (Å²) in [5.41, 5.74) is 0. The molecule has 1 aliphatic rings. The average Bonchev–Trinajstić information content (AvgIpc) is 2.30. The molecule has 1 aliphatic carbocycles. The Morgan fingerprint density at radius 2 is 2.23 bits per heavy atom. The molecule has 0 saturated heterocycles. The molecule has 2 heteroatoms. The van der Waals surface area contributed by atoms with Gasteiger partial charge in [-0.2, -0.15) is 0 Å². The normalized spacial score (nSPS) is 20.8. The highest BCUT2D eigenvalue weighted by Crippen LogP contribution is 2.19. The van der Waals surface area contributed by atoms with E-state index >= 15 is 0 Å². The van der Waals surface area contributed by atoms with Gasteiger partial charge in [0.15, 0.2) is 0 Å². The summed E-state index contributed by atoms with van der Waals surface area (Å²) in [5, 5.41) is 8.37. The van der Waals surface area contributed by atoms with Crippen LogP contribution >= 0.6 is 0 Å². The van der Waals surface area contributed by atoms with Crippen molar-refractivity contribution < 1.29 is 4.74 Å². The fraction of sp³-hybridized carbons (Fsp3) is 0.364. The van der Waals surface area contributed by atoms with Crippen LogP contribution in [-0.4, -0.2) is 0 Å². The van der Waals surface area contributed by atoms with Crippen LogP contribution in [0, 0.1) is 23.4 Å². The van der Waals surface area contributed by atoms with E-state index < -0.39 is 0 Å². The number of allylic oxidation sites excluding steroid dienone is 5. The predicted octanol–water partition coefficient (Wildman–Crippen LogP) is 2.77. The Labute approximate surface area is 78.8 Å². The number of nitriles is 1. The largest absolute Gasteiger partial charge is 0.388 e. The first-order valence-corrected chi connectivity index (χ1v) is 4.36. The van der Waals surface area contributed by atoms with Crippen LogP contribution in [0.1, 0.15) is 13.8 Å². The van der Waals surface area contributed by atoms with Crippen LogP contribution in [0.3, 0.4) is 0 Å². The van der Waals surface area contributed by atoms with Crippen molar-refractivity contribution in [3.8, 4) is 6.26 Å². The Morgan fingerprint density at radius 1 is 1.46 bits per heavy atom. The van der Waals surface area contributed by atoms with Gasteiger partial charge in [-0.1, -0.05) is 32.1 Å². The van der Waals surface area contributed by atoms with Gasteiger partial charge < -0.3 is 4.74 Å². The highest BCUT2D eigenvalue weighted by atomic mass is 16.5. The van der Waals surface area contributed by atoms with Crippen molar-refractivity contribution in [1.82, 2.24) is 0 Å². The quantitative estimate of drug-likeness (QED) is 0.604. The SMILES string of the molecule is CC(C)C1C=CC=CC(OC#N)=C1. The number of nitrogens with zero attached hydrogens (tertiary/aromatic N) is 1. The maximum absolute atomic E-state index is 8.37. The number of hydrogen-bond acceptors (Lipinski definition) is 2. The molecule has 1 unspecified atom stereocenters. The smallest absolute Gasteiger partial charge is 0.292 e. The van der Waals surface area contributed by atoms with Crippen LogP contribution in [0.25, 0.3) is 0 Å². The van der Waals surface area contributed by atoms with Crippen LogP contribution in [0.4, 0.5) is 0 Å². The van der Waals surface area contributed by atoms with Crippen LogP contribution in [0.15, 0.2) is 36.1 Å². The van der Waals surface area contributed by atoms with Gasteiger partial charge in [-0.25, -0.2) is 0 Å². The molecule has 0 spiro atoms. The average molecular weight is 175 g/mol. The third kappa shape index (κ3) is 2.79. The van der Waals surface area contributed by atoms with Crippen molar-refractivity contribution in [2.24, 2.45) is 11.8 Å². The van der Waals surface area contributed by atoms with Crippen molar-refractivity contribution in [3.63, 3.8) is 0 Å². The minimum absolute atomic E-state index is 0.346. The molecule has 1 rings (SSSR count). The molecule has 0 aliphatic heterocycles. The van der Waals surface area contributed by atoms with Crippen molar-refractivity contribution in [2.75, 3.05) is 0 Å². The molecule has 2 nitrogen and oxygen atoms in total. The van der Waals surface area contributed by atoms with E-state index in [0.717, 1.165) is 0 Å². The zero-order valence-corrected chi connectivity index (χ0v) is 7.90. The molecule has 0 fully saturated rings. The van der Waals surface area contributed by atoms with Gasteiger partial charge >= 0.3 is 0 Å². The maximum atomic E-state index is 8.37. The molecule has 0 N–H and O–H groups in total. The molecule has 0 aromatic heterocycles. The van der Waals surface area contributed by atoms with Crippen molar-refractivity contribution >= 4 is 0 Å². The van der Waals surface area contributed by atoms with Crippen LogP contribution in [-0.2, 0) is 4.74 Å². The second-order valence-electron chi connectivity index (χ2n) is 3.33. The Hall–Kier alpha value is -1.49. The Balaban J connectivity index is 2.79. The van der Waals surface area contributed by atoms with Crippen LogP contribution in [0.5, 0.6) is 0 Å². The minimum atomic E-state index is 0.346. The van der Waals surface area contributed by atoms with E-state index in [4.69, 9.17) is 10.00 Å². The number of hydrogen-bond donors (Lipinski definition) is 0. The zero-order valence-electron chi connectivity index (χ0n) is 7.90. The van der Waals surface area contributed by atoms with E-state index in [1.54, 1.807) is 12.3 Å². The molecule has 0 amide bonds. The molecular formula is C11H13NO. The first-order chi connectivity index (χ1) is 6.24. The summed E-state index contributed by atoms with van der Waals surface area (Å²) in [5.74, 6) is 1.50. The minimum Gasteiger partial charge on any atom is -0.388 e. The van der Waals surface area contributed by atoms with E-state index in [0.29, 0.717) is 17.6 Å². The summed E-state index contributed by atoms with van der Waals surface area (Å²) >= 11 is 0. The highest BCUT2D eigenvalue weighted by Gasteiger charge is 2.09. The molecule has 0 heterocycles. The van der Waals surface area contributed by atoms with Crippen LogP contribution < -0.4 is 0 Å². The molecule has 0 bridgehead atoms. The van der Waals surface area contributed by atoms with E-state index in [1.165, 1.54) is 0 Å². The summed E-state index contributed by atoms with van der Waals surface area (Å²) in [7, 11) is 0. The predicted molar refractivity (Wildman–Crippen MR) is 51.4 cm³/mol. The number of ether oxygens (including phenoxy) is 1. The van der Waals surface area contributed by atoms with Gasteiger partial charge in [0.05, 0.1) is 0 Å². The van der Waals surface area contributed by atoms with Gasteiger partial charge in [-0.15, -0.1) is 5.26 Å². The lowest BCUT2D eigenvalue weighted by Gasteiger charge is -2.11. The summed E-state index contributed by atoms with van der Waals surface area (Å²) < 4.78 is 4.78. The Morgan fingerprint density at radius 3 is 2.85 bits per heavy atom. The molecule has 0 aromatic carbocycles. The molecule has 68 valence electrons. The number of rotatable bonds is 2. The molecule has 0 radical (unpaired) electrons. The fourth-order valence-electron chi connectivity index (χ4n) is 1.18. The molecule has 13 heavy (non-hydrogen) atoms. The van der Waals surface area contributed by atoms with Gasteiger partial charge in [0.1, 0.15) is 5.76 Å². The molecule has 0 aromatic rings. The summed E-state index contributed by atoms with van der Waals surface area (Å²) in [4.78, 5) is 0. The van der Waals surface area contributed by atoms with Crippen LogP contribution in [0.2, 0.25) is 0 Å². The Kier molecular flexibility index (Phi) is 3.33. The first kappa shape index (κ1) is 9.60. The third-order valence-corrected chi connectivity index (χ3v) is 1.99. The third-order valence-electron chi connectivity index (χ3n) is 1.99. The zero-order chi connectivity index (χ0) is 9.68. The summed E-state index contributed by atoms with van der Waals surface area (Å²) in [6.45, 7) is 4.28. The summed E-state index contributed by atoms with van der Waals surface area (Å²) in [6.07, 6.45) is 11.4. The van der Waals surface area contributed by atoms with E-state index in [9.17, 15) is 0 Å². The lowest BCUT2D eigenvalue weighted by atomic mass is 9.95. The van der Waals surface area contributed by atoms with Gasteiger partial charge in [-0.05, 0) is 18.1 Å². The highest BCUT2D eigenvalue weighted by molar-refractivity contribution is 5.25. The maximum Gasteiger partial charge on any atom is 0.292 e. The molecule has 0 saturated carbocycles. The Bertz CT molecular complexity index is 292. The van der Waals surface area contributed by atoms with Crippen molar-refractivity contribution in [3.05, 3.63) is 36.1 Å². The van der Waals surface area contributed by atoms with Gasteiger partial charge in [-0.3, -0.25) is 0 Å². The van der Waals surface area contributed by atoms with Gasteiger partial charge in [0, 0.05) is 5.92 Å². The second-order valence-corrected chi connectivity index (χ2v) is 3.33. The van der Waals surface area contributed by atoms with Crippen molar-refractivity contribution in [1.29, 1.82) is 5.26 Å². The lowest BCUT2D eigenvalue weighted by molar-refractivity contribution is 0.384. The standard InChI is InChI=1S/C11H13NO/c1-9(2)10-5-3-4-6-11(7-10)13-8-12/h3-7,9-10H,1-2H3. The van der Waals surface area contributed by atoms with E-state index in [-0.39, 0.29) is 0 Å². The second kappa shape index (κ2) is 4.51. The summed E-state index contributed by atoms with van der Waals surface area (Å²) in [6, 6.07) is 0. The monoisotopic (exact) mass is 175 g/mol. The molecular weight excluding hydrogens is 162 g/mol. The van der Waals surface area contributed by atoms with E-state index in [2.05, 4.69) is 19.9 Å².